The van der Waals surface area contributed by atoms with Crippen LogP contribution in [0.15, 0.2) is 170 Å². The zero-order chi connectivity index (χ0) is 54.8. The van der Waals surface area contributed by atoms with Crippen LogP contribution < -0.4 is 42.3 Å². The highest BCUT2D eigenvalue weighted by Gasteiger charge is 2.51. The van der Waals surface area contributed by atoms with E-state index < -0.39 is 0 Å². The highest BCUT2D eigenvalue weighted by atomic mass is 16.5. The first kappa shape index (κ1) is 47.3. The Hall–Kier alpha value is -9.53. The van der Waals surface area contributed by atoms with Crippen molar-refractivity contribution in [1.29, 1.82) is 0 Å². The molecule has 4 aliphatic rings. The van der Waals surface area contributed by atoms with Crippen molar-refractivity contribution < 1.29 is 9.47 Å². The van der Waals surface area contributed by atoms with Crippen molar-refractivity contribution >= 4 is 90.3 Å². The summed E-state index contributed by atoms with van der Waals surface area (Å²) in [4.78, 5) is 22.8. The average molecular weight is 1060 g/mol. The molecule has 0 saturated carbocycles. The molecule has 0 aliphatic carbocycles. The first-order valence-corrected chi connectivity index (χ1v) is 29.0. The predicted molar refractivity (Wildman–Crippen MR) is 337 cm³/mol. The molecule has 0 N–H and O–H groups in total. The van der Waals surface area contributed by atoms with Gasteiger partial charge in [-0.25, -0.2) is 19.9 Å². The van der Waals surface area contributed by atoms with Gasteiger partial charge in [-0.05, 0) is 122 Å². The molecular weight excluding hydrogens is 1000 g/mol. The quantitative estimate of drug-likeness (QED) is 0.141. The van der Waals surface area contributed by atoms with E-state index in [2.05, 4.69) is 221 Å². The highest BCUT2D eigenvalue weighted by Crippen LogP contribution is 2.49. The first-order chi connectivity index (χ1) is 40.2. The molecule has 0 fully saturated rings. The summed E-state index contributed by atoms with van der Waals surface area (Å²) >= 11 is 0. The monoisotopic (exact) mass is 1060 g/mol. The molecule has 0 amide bonds. The SMILES string of the molecule is CCCc1ccc2c(c1)B1c3c(c4c5c(c3-n3c6ccc(-c7ccc(C)cc7)nc6c6nc(-c7ccc(C)cc7)cc1c63)Oc1ccc(CCC)cc1B5c1cc(-c3ccc(C)cc3)nc3c5nc(-c6ccc(C)cc6)ccc5n-4c13)O2. The number of aromatic nitrogens is 6. The summed E-state index contributed by atoms with van der Waals surface area (Å²) in [6, 6.07) is 62.2. The number of nitrogens with zero attached hydrogens (tertiary/aromatic N) is 6. The van der Waals surface area contributed by atoms with Crippen LogP contribution in [0.5, 0.6) is 23.0 Å². The van der Waals surface area contributed by atoms with Gasteiger partial charge >= 0.3 is 0 Å². The van der Waals surface area contributed by atoms with Gasteiger partial charge in [-0.2, -0.15) is 0 Å². The van der Waals surface area contributed by atoms with Crippen molar-refractivity contribution in [2.45, 2.75) is 67.2 Å². The van der Waals surface area contributed by atoms with Crippen LogP contribution >= 0.6 is 0 Å². The Morgan fingerprint density at radius 1 is 0.366 bits per heavy atom. The molecule has 8 nitrogen and oxygen atoms in total. The molecule has 7 aromatic carbocycles. The number of hydrogen-bond donors (Lipinski definition) is 0. The van der Waals surface area contributed by atoms with E-state index in [0.29, 0.717) is 0 Å². The van der Waals surface area contributed by atoms with Crippen molar-refractivity contribution in [3.63, 3.8) is 0 Å². The van der Waals surface area contributed by atoms with Crippen LogP contribution in [0.4, 0.5) is 0 Å². The van der Waals surface area contributed by atoms with Gasteiger partial charge in [-0.1, -0.05) is 170 Å². The summed E-state index contributed by atoms with van der Waals surface area (Å²) in [5.41, 5.74) is 31.1. The summed E-state index contributed by atoms with van der Waals surface area (Å²) in [7, 11) is 0. The molecule has 6 aromatic heterocycles. The molecule has 0 bridgehead atoms. The molecule has 13 aromatic rings. The molecule has 82 heavy (non-hydrogen) atoms. The van der Waals surface area contributed by atoms with Crippen LogP contribution in [-0.4, -0.2) is 42.5 Å². The second kappa shape index (κ2) is 17.5. The van der Waals surface area contributed by atoms with Crippen molar-refractivity contribution in [2.24, 2.45) is 0 Å². The van der Waals surface area contributed by atoms with Crippen LogP contribution in [0.1, 0.15) is 60.1 Å². The standard InChI is InChI=1S/C72H54B2N6O2/c1-7-9-43-19-33-59-49(35-43)73-51-37-55(47-25-15-41(5)16-26-47)77-65-63-57(31-29-53(75-63)45-21-11-39(3)12-22-45)79(67(51)65)69-61(73)71(81-59)70-62-72(69)82-60-34-20-44(10-8-2)36-50(60)74(62)52-38-56(48-27-17-42(6)18-28-48)78-66-64-58(80(70)68(52)66)32-30-54(76-64)46-23-13-40(4)14-24-46/h11-38H,7-10H2,1-6H3. The summed E-state index contributed by atoms with van der Waals surface area (Å²) < 4.78 is 20.5. The number of pyridine rings is 4. The molecule has 0 atom stereocenters. The fraction of sp³-hybridized carbons (Fsp3) is 0.139. The van der Waals surface area contributed by atoms with Crippen molar-refractivity contribution in [2.75, 3.05) is 0 Å². The van der Waals surface area contributed by atoms with Gasteiger partial charge in [0.2, 0.25) is 0 Å². The van der Waals surface area contributed by atoms with Crippen molar-refractivity contribution in [3.8, 4) is 79.4 Å². The van der Waals surface area contributed by atoms with E-state index in [1.165, 1.54) is 33.4 Å². The normalized spacial score (nSPS) is 13.1. The topological polar surface area (TPSA) is 79.9 Å². The maximum Gasteiger partial charge on any atom is 0.256 e. The minimum absolute atomic E-state index is 0.280. The van der Waals surface area contributed by atoms with Gasteiger partial charge in [0.1, 0.15) is 45.1 Å². The van der Waals surface area contributed by atoms with Gasteiger partial charge in [0.25, 0.3) is 13.4 Å². The Kier molecular flexibility index (Phi) is 10.1. The van der Waals surface area contributed by atoms with Crippen molar-refractivity contribution in [1.82, 2.24) is 29.1 Å². The average Bonchev–Trinajstić information content (AvgIpc) is 1.40. The van der Waals surface area contributed by atoms with Crippen LogP contribution in [0.25, 0.3) is 101 Å². The second-order valence-corrected chi connectivity index (χ2v) is 23.3. The molecule has 4 aliphatic heterocycles. The van der Waals surface area contributed by atoms with E-state index in [1.807, 2.05) is 0 Å². The summed E-state index contributed by atoms with van der Waals surface area (Å²) in [5.74, 6) is 3.31. The van der Waals surface area contributed by atoms with Crippen LogP contribution in [0, 0.1) is 27.7 Å². The number of hydrogen-bond acceptors (Lipinski definition) is 6. The predicted octanol–water partition coefficient (Wildman–Crippen LogP) is 13.1. The van der Waals surface area contributed by atoms with E-state index in [9.17, 15) is 0 Å². The van der Waals surface area contributed by atoms with Gasteiger partial charge in [0.05, 0.1) is 56.2 Å². The Balaban J connectivity index is 1.06. The van der Waals surface area contributed by atoms with Gasteiger partial charge in [0.15, 0.2) is 0 Å². The fourth-order valence-corrected chi connectivity index (χ4v) is 14.0. The van der Waals surface area contributed by atoms with Crippen LogP contribution in [0.2, 0.25) is 0 Å². The lowest BCUT2D eigenvalue weighted by molar-refractivity contribution is 0.472. The lowest BCUT2D eigenvalue weighted by Crippen LogP contribution is -2.63. The maximum absolute atomic E-state index is 7.80. The molecule has 390 valence electrons. The second-order valence-electron chi connectivity index (χ2n) is 23.3. The van der Waals surface area contributed by atoms with Crippen LogP contribution in [-0.2, 0) is 12.8 Å². The third-order valence-electron chi connectivity index (χ3n) is 17.9. The number of rotatable bonds is 8. The molecule has 10 heteroatoms. The largest absolute Gasteiger partial charge is 0.456 e. The van der Waals surface area contributed by atoms with E-state index in [0.717, 1.165) is 182 Å². The van der Waals surface area contributed by atoms with Gasteiger partial charge < -0.3 is 18.6 Å². The zero-order valence-electron chi connectivity index (χ0n) is 46.6. The Morgan fingerprint density at radius 2 is 0.720 bits per heavy atom. The number of aryl methyl sites for hydroxylation is 6. The Morgan fingerprint density at radius 3 is 1.09 bits per heavy atom. The van der Waals surface area contributed by atoms with E-state index in [4.69, 9.17) is 29.4 Å². The Labute approximate surface area is 476 Å². The van der Waals surface area contributed by atoms with Gasteiger partial charge in [-0.15, -0.1) is 0 Å². The summed E-state index contributed by atoms with van der Waals surface area (Å²) in [6.45, 7) is 12.5. The van der Waals surface area contributed by atoms with Crippen molar-refractivity contribution in [3.05, 3.63) is 203 Å². The number of ether oxygens (including phenoxy) is 2. The molecule has 0 radical (unpaired) electrons. The van der Waals surface area contributed by atoms with E-state index in [1.54, 1.807) is 0 Å². The summed E-state index contributed by atoms with van der Waals surface area (Å²) in [6.07, 6.45) is 3.94. The molecular formula is C72H54B2N6O2. The van der Waals surface area contributed by atoms with Gasteiger partial charge in [-0.3, -0.25) is 0 Å². The summed E-state index contributed by atoms with van der Waals surface area (Å²) in [5, 5.41) is 0. The lowest BCUT2D eigenvalue weighted by atomic mass is 9.31. The van der Waals surface area contributed by atoms with E-state index in [-0.39, 0.29) is 13.4 Å². The van der Waals surface area contributed by atoms with Gasteiger partial charge in [0, 0.05) is 33.2 Å². The number of fused-ring (bicyclic) bond motifs is 16. The number of benzene rings is 7. The smallest absolute Gasteiger partial charge is 0.256 e. The third kappa shape index (κ3) is 6.75. The lowest BCUT2D eigenvalue weighted by Gasteiger charge is -2.41. The highest BCUT2D eigenvalue weighted by molar-refractivity contribution is 7.02. The fourth-order valence-electron chi connectivity index (χ4n) is 14.0. The first-order valence-electron chi connectivity index (χ1n) is 29.0. The van der Waals surface area contributed by atoms with E-state index >= 15 is 0 Å². The molecule has 0 spiro atoms. The maximum atomic E-state index is 7.80. The minimum Gasteiger partial charge on any atom is -0.456 e. The molecule has 17 rings (SSSR count). The zero-order valence-corrected chi connectivity index (χ0v) is 46.6. The Bertz CT molecular complexity index is 4610. The molecule has 0 saturated heterocycles. The minimum atomic E-state index is -0.280. The third-order valence-corrected chi connectivity index (χ3v) is 17.9. The molecule has 0 unspecified atom stereocenters. The van der Waals surface area contributed by atoms with Crippen LogP contribution in [0.3, 0.4) is 0 Å². The molecule has 10 heterocycles.